The minimum absolute atomic E-state index is 0.0395. The van der Waals surface area contributed by atoms with E-state index in [0.717, 1.165) is 33.4 Å². The third-order valence-electron chi connectivity index (χ3n) is 8.37. The zero-order valence-corrected chi connectivity index (χ0v) is 30.3. The molecule has 0 heterocycles. The van der Waals surface area contributed by atoms with E-state index in [-0.39, 0.29) is 36.9 Å². The minimum atomic E-state index is -0.967. The second-order valence-electron chi connectivity index (χ2n) is 15.1. The fourth-order valence-corrected chi connectivity index (χ4v) is 5.94. The number of carbonyl (C=O) groups is 3. The highest BCUT2D eigenvalue weighted by Crippen LogP contribution is 2.44. The molecule has 50 heavy (non-hydrogen) atoms. The van der Waals surface area contributed by atoms with Crippen molar-refractivity contribution in [2.75, 3.05) is 6.61 Å². The van der Waals surface area contributed by atoms with Crippen LogP contribution in [0.1, 0.15) is 89.5 Å². The summed E-state index contributed by atoms with van der Waals surface area (Å²) in [6.45, 7) is 13.4. The Balaban J connectivity index is 1.48. The van der Waals surface area contributed by atoms with E-state index in [4.69, 9.17) is 14.2 Å². The summed E-state index contributed by atoms with van der Waals surface area (Å²) in [5.74, 6) is -1.45. The predicted molar refractivity (Wildman–Crippen MR) is 196 cm³/mol. The molecule has 0 radical (unpaired) electrons. The number of hydrogen-bond donors (Lipinski definition) is 2. The number of fused-ring (bicyclic) bond motifs is 3. The van der Waals surface area contributed by atoms with Gasteiger partial charge in [-0.15, -0.1) is 0 Å². The van der Waals surface area contributed by atoms with Gasteiger partial charge < -0.3 is 24.6 Å². The Hall–Kier alpha value is -4.69. The number of hydrogen-bond acceptors (Lipinski definition) is 7. The van der Waals surface area contributed by atoms with Gasteiger partial charge in [0.25, 0.3) is 0 Å². The van der Waals surface area contributed by atoms with Crippen LogP contribution in [-0.2, 0) is 30.4 Å². The lowest BCUT2D eigenvalue weighted by Gasteiger charge is -2.28. The number of aliphatic hydroxyl groups excluding tert-OH is 1. The number of benzene rings is 3. The fraction of sp³-hybridized carbons (Fsp3) is 0.405. The van der Waals surface area contributed by atoms with Gasteiger partial charge in [0.15, 0.2) is 0 Å². The van der Waals surface area contributed by atoms with Crippen LogP contribution in [0.25, 0.3) is 17.2 Å². The summed E-state index contributed by atoms with van der Waals surface area (Å²) >= 11 is 0. The van der Waals surface area contributed by atoms with Crippen LogP contribution in [0, 0.1) is 11.3 Å². The van der Waals surface area contributed by atoms with E-state index in [9.17, 15) is 19.5 Å². The van der Waals surface area contributed by atoms with Gasteiger partial charge in [-0.2, -0.15) is 0 Å². The van der Waals surface area contributed by atoms with Crippen LogP contribution in [0.4, 0.5) is 4.79 Å². The number of carbonyl (C=O) groups excluding carboxylic acids is 3. The molecule has 0 bridgehead atoms. The SMILES string of the molecule is C[C@H](/C=C/c1ccc(CO)cc1)[C@H](C/C=C/C(=O)OC(C)(C)C)OC(=O)[C@H](CC(C)(C)C)NC(=O)OCC1c2ccccc2-c2ccccc21. The van der Waals surface area contributed by atoms with Crippen molar-refractivity contribution in [3.05, 3.63) is 113 Å². The number of esters is 2. The molecule has 0 aromatic heterocycles. The lowest BCUT2D eigenvalue weighted by atomic mass is 9.88. The van der Waals surface area contributed by atoms with E-state index >= 15 is 0 Å². The maximum Gasteiger partial charge on any atom is 0.407 e. The Morgan fingerprint density at radius 1 is 0.880 bits per heavy atom. The van der Waals surface area contributed by atoms with Crippen molar-refractivity contribution < 1.29 is 33.7 Å². The maximum atomic E-state index is 13.8. The highest BCUT2D eigenvalue weighted by molar-refractivity contribution is 5.83. The second-order valence-corrected chi connectivity index (χ2v) is 15.1. The molecule has 3 aromatic rings. The van der Waals surface area contributed by atoms with Gasteiger partial charge in [0.2, 0.25) is 0 Å². The smallest absolute Gasteiger partial charge is 0.407 e. The molecule has 2 N–H and O–H groups in total. The maximum absolute atomic E-state index is 13.8. The molecule has 1 aliphatic rings. The Labute approximate surface area is 296 Å². The van der Waals surface area contributed by atoms with E-state index in [1.54, 1.807) is 26.8 Å². The van der Waals surface area contributed by atoms with Gasteiger partial charge in [-0.3, -0.25) is 0 Å². The van der Waals surface area contributed by atoms with Gasteiger partial charge in [0.05, 0.1) is 6.61 Å². The van der Waals surface area contributed by atoms with Gasteiger partial charge >= 0.3 is 18.0 Å². The molecule has 0 saturated carbocycles. The number of rotatable bonds is 13. The molecule has 0 saturated heterocycles. The zero-order valence-electron chi connectivity index (χ0n) is 30.3. The average Bonchev–Trinajstić information content (AvgIpc) is 3.37. The van der Waals surface area contributed by atoms with Crippen LogP contribution >= 0.6 is 0 Å². The summed E-state index contributed by atoms with van der Waals surface area (Å²) in [5, 5.41) is 12.2. The van der Waals surface area contributed by atoms with Crippen molar-refractivity contribution >= 4 is 24.1 Å². The van der Waals surface area contributed by atoms with Gasteiger partial charge in [-0.05, 0) is 66.0 Å². The lowest BCUT2D eigenvalue weighted by molar-refractivity contribution is -0.153. The van der Waals surface area contributed by atoms with Crippen LogP contribution in [0.2, 0.25) is 0 Å². The van der Waals surface area contributed by atoms with E-state index in [0.29, 0.717) is 6.42 Å². The highest BCUT2D eigenvalue weighted by Gasteiger charge is 2.33. The molecule has 1 amide bonds. The topological polar surface area (TPSA) is 111 Å². The highest BCUT2D eigenvalue weighted by atomic mass is 16.6. The molecule has 3 aromatic carbocycles. The molecule has 0 fully saturated rings. The molecule has 3 atom stereocenters. The lowest BCUT2D eigenvalue weighted by Crippen LogP contribution is -2.46. The van der Waals surface area contributed by atoms with Crippen LogP contribution in [0.3, 0.4) is 0 Å². The van der Waals surface area contributed by atoms with E-state index in [1.807, 2.05) is 88.4 Å². The monoisotopic (exact) mass is 681 g/mol. The van der Waals surface area contributed by atoms with Crippen molar-refractivity contribution in [3.63, 3.8) is 0 Å². The predicted octanol–water partition coefficient (Wildman–Crippen LogP) is 8.37. The molecule has 0 spiro atoms. The van der Waals surface area contributed by atoms with E-state index in [1.165, 1.54) is 6.08 Å². The van der Waals surface area contributed by atoms with Gasteiger partial charge in [0.1, 0.15) is 24.4 Å². The quantitative estimate of drug-likeness (QED) is 0.106. The largest absolute Gasteiger partial charge is 0.460 e. The first-order valence-corrected chi connectivity index (χ1v) is 17.2. The second kappa shape index (κ2) is 16.8. The van der Waals surface area contributed by atoms with Crippen molar-refractivity contribution in [2.45, 2.75) is 91.6 Å². The molecular weight excluding hydrogens is 630 g/mol. The zero-order chi connectivity index (χ0) is 36.5. The standard InChI is InChI=1S/C42H51NO7/c1-28(19-20-29-21-23-30(26-44)24-22-29)37(17-12-18-38(45)50-42(5,6)7)49-39(46)36(25-41(2,3)4)43-40(47)48-27-35-33-15-10-8-13-31(33)32-14-9-11-16-34(32)35/h8-16,18-24,28,35-37,44H,17,25-27H2,1-7H3,(H,43,47)/b18-12+,20-19+/t28-,36+,37+/m1/s1. The number of aliphatic hydroxyl groups is 1. The van der Waals surface area contributed by atoms with Crippen LogP contribution in [0.15, 0.2) is 91.0 Å². The van der Waals surface area contributed by atoms with E-state index < -0.39 is 35.8 Å². The average molecular weight is 682 g/mol. The third-order valence-corrected chi connectivity index (χ3v) is 8.37. The van der Waals surface area contributed by atoms with Crippen molar-refractivity contribution in [2.24, 2.45) is 11.3 Å². The molecule has 8 nitrogen and oxygen atoms in total. The van der Waals surface area contributed by atoms with E-state index in [2.05, 4.69) is 29.6 Å². The summed E-state index contributed by atoms with van der Waals surface area (Å²) < 4.78 is 17.3. The van der Waals surface area contributed by atoms with Crippen LogP contribution in [0.5, 0.6) is 0 Å². The van der Waals surface area contributed by atoms with Gasteiger partial charge in [-0.25, -0.2) is 14.4 Å². The molecular formula is C42H51NO7. The first-order valence-electron chi connectivity index (χ1n) is 17.2. The van der Waals surface area contributed by atoms with Gasteiger partial charge in [-0.1, -0.05) is 119 Å². The summed E-state index contributed by atoms with van der Waals surface area (Å²) in [6.07, 6.45) is 6.06. The Kier molecular flexibility index (Phi) is 12.8. The normalized spacial score (nSPS) is 14.9. The summed E-state index contributed by atoms with van der Waals surface area (Å²) in [4.78, 5) is 39.5. The Bertz CT molecular complexity index is 1630. The molecule has 1 aliphatic carbocycles. The molecule has 0 unspecified atom stereocenters. The molecule has 4 rings (SSSR count). The minimum Gasteiger partial charge on any atom is -0.460 e. The Morgan fingerprint density at radius 3 is 2.04 bits per heavy atom. The Morgan fingerprint density at radius 2 is 1.48 bits per heavy atom. The summed E-state index contributed by atoms with van der Waals surface area (Å²) in [7, 11) is 0. The van der Waals surface area contributed by atoms with Crippen LogP contribution < -0.4 is 5.32 Å². The number of alkyl carbamates (subject to hydrolysis) is 1. The fourth-order valence-electron chi connectivity index (χ4n) is 5.94. The van der Waals surface area contributed by atoms with Crippen LogP contribution in [-0.4, -0.2) is 47.5 Å². The van der Waals surface area contributed by atoms with Gasteiger partial charge in [0, 0.05) is 24.3 Å². The number of amides is 1. The van der Waals surface area contributed by atoms with Crippen molar-refractivity contribution in [1.82, 2.24) is 5.32 Å². The first-order chi connectivity index (χ1) is 23.6. The number of nitrogens with one attached hydrogen (secondary N) is 1. The van der Waals surface area contributed by atoms with Crippen molar-refractivity contribution in [3.8, 4) is 11.1 Å². The van der Waals surface area contributed by atoms with Crippen molar-refractivity contribution in [1.29, 1.82) is 0 Å². The molecule has 8 heteroatoms. The first kappa shape index (κ1) is 38.1. The number of ether oxygens (including phenoxy) is 3. The molecule has 0 aliphatic heterocycles. The molecule has 266 valence electrons. The third kappa shape index (κ3) is 11.2. The summed E-state index contributed by atoms with van der Waals surface area (Å²) in [6, 6.07) is 22.7. The summed E-state index contributed by atoms with van der Waals surface area (Å²) in [5.41, 5.74) is 5.22.